The second-order valence-electron chi connectivity index (χ2n) is 8.14. The van der Waals surface area contributed by atoms with Gasteiger partial charge in [-0.1, -0.05) is 11.6 Å². The molecule has 0 bridgehead atoms. The molecule has 0 N–H and O–H groups in total. The van der Waals surface area contributed by atoms with Crippen molar-refractivity contribution in [2.45, 2.75) is 6.54 Å². The van der Waals surface area contributed by atoms with Gasteiger partial charge >= 0.3 is 0 Å². The van der Waals surface area contributed by atoms with Gasteiger partial charge in [-0.3, -0.25) is 4.79 Å². The van der Waals surface area contributed by atoms with E-state index in [-0.39, 0.29) is 12.5 Å². The Morgan fingerprint density at radius 1 is 1.09 bits per heavy atom. The number of halogens is 1. The van der Waals surface area contributed by atoms with E-state index in [1.807, 2.05) is 35.2 Å². The number of amides is 1. The largest absolute Gasteiger partial charge is 0.495 e. The maximum Gasteiger partial charge on any atom is 0.244 e. The number of pyridine rings is 1. The van der Waals surface area contributed by atoms with E-state index >= 15 is 0 Å². The molecule has 174 valence electrons. The molecule has 2 aliphatic heterocycles. The lowest BCUT2D eigenvalue weighted by Crippen LogP contribution is -2.49. The molecule has 2 saturated heterocycles. The molecular formula is C23H27ClN6O3. The van der Waals surface area contributed by atoms with Gasteiger partial charge < -0.3 is 24.2 Å². The minimum Gasteiger partial charge on any atom is -0.495 e. The number of hydrogen-bond donors (Lipinski definition) is 0. The second-order valence-corrected chi connectivity index (χ2v) is 8.55. The van der Waals surface area contributed by atoms with Crippen LogP contribution < -0.4 is 14.5 Å². The Morgan fingerprint density at radius 3 is 2.64 bits per heavy atom. The number of benzene rings is 1. The fourth-order valence-electron chi connectivity index (χ4n) is 4.40. The van der Waals surface area contributed by atoms with Gasteiger partial charge in [-0.25, -0.2) is 9.67 Å². The topological polar surface area (TPSA) is 76.0 Å². The standard InChI is InChI=1S/C23H27ClN6O3/c1-32-20-15-17(4-5-19(20)24)27-7-9-28(10-8-27)21(31)16-30-22-18(3-2-6-25-22)23(26-30)29-11-13-33-14-12-29/h2-6,15H,7-14,16H2,1H3. The summed E-state index contributed by atoms with van der Waals surface area (Å²) in [5, 5.41) is 6.33. The quantitative estimate of drug-likeness (QED) is 0.566. The van der Waals surface area contributed by atoms with Crippen LogP contribution in [0.2, 0.25) is 5.02 Å². The smallest absolute Gasteiger partial charge is 0.244 e. The molecule has 1 aromatic carbocycles. The molecule has 5 rings (SSSR count). The first kappa shape index (κ1) is 21.8. The lowest BCUT2D eigenvalue weighted by Gasteiger charge is -2.36. The summed E-state index contributed by atoms with van der Waals surface area (Å²) in [5.41, 5.74) is 1.78. The van der Waals surface area contributed by atoms with Crippen molar-refractivity contribution in [1.82, 2.24) is 19.7 Å². The normalized spacial score (nSPS) is 17.0. The number of aromatic nitrogens is 3. The van der Waals surface area contributed by atoms with Gasteiger partial charge in [-0.15, -0.1) is 0 Å². The van der Waals surface area contributed by atoms with E-state index < -0.39 is 0 Å². The van der Waals surface area contributed by atoms with Gasteiger partial charge in [-0.2, -0.15) is 5.10 Å². The average molecular weight is 471 g/mol. The average Bonchev–Trinajstić information content (AvgIpc) is 3.23. The van der Waals surface area contributed by atoms with Crippen molar-refractivity contribution in [3.05, 3.63) is 41.6 Å². The molecule has 10 heteroatoms. The Hall–Kier alpha value is -3.04. The van der Waals surface area contributed by atoms with Crippen LogP contribution in [0.1, 0.15) is 0 Å². The van der Waals surface area contributed by atoms with E-state index in [9.17, 15) is 4.79 Å². The Morgan fingerprint density at radius 2 is 1.88 bits per heavy atom. The minimum atomic E-state index is 0.0481. The molecule has 0 aliphatic carbocycles. The van der Waals surface area contributed by atoms with Crippen LogP contribution in [0.3, 0.4) is 0 Å². The van der Waals surface area contributed by atoms with E-state index in [1.165, 1.54) is 0 Å². The first-order valence-corrected chi connectivity index (χ1v) is 11.5. The molecule has 0 unspecified atom stereocenters. The number of fused-ring (bicyclic) bond motifs is 1. The molecule has 3 aromatic rings. The summed E-state index contributed by atoms with van der Waals surface area (Å²) >= 11 is 6.15. The first-order chi connectivity index (χ1) is 16.1. The molecule has 33 heavy (non-hydrogen) atoms. The van der Waals surface area contributed by atoms with Gasteiger partial charge in [0.25, 0.3) is 0 Å². The number of piperazine rings is 1. The van der Waals surface area contributed by atoms with E-state index in [4.69, 9.17) is 26.2 Å². The second kappa shape index (κ2) is 9.44. The minimum absolute atomic E-state index is 0.0481. The SMILES string of the molecule is COc1cc(N2CCN(C(=O)Cn3nc(N4CCOCC4)c4cccnc43)CC2)ccc1Cl. The maximum atomic E-state index is 13.1. The third-order valence-corrected chi connectivity index (χ3v) is 6.53. The fraction of sp³-hybridized carbons (Fsp3) is 0.435. The number of anilines is 2. The third kappa shape index (κ3) is 4.43. The summed E-state index contributed by atoms with van der Waals surface area (Å²) in [7, 11) is 1.61. The van der Waals surface area contributed by atoms with Crippen molar-refractivity contribution in [3.63, 3.8) is 0 Å². The highest BCUT2D eigenvalue weighted by molar-refractivity contribution is 6.32. The highest BCUT2D eigenvalue weighted by Gasteiger charge is 2.25. The summed E-state index contributed by atoms with van der Waals surface area (Å²) in [6.07, 6.45) is 1.74. The third-order valence-electron chi connectivity index (χ3n) is 6.22. The lowest BCUT2D eigenvalue weighted by atomic mass is 10.2. The fourth-order valence-corrected chi connectivity index (χ4v) is 4.59. The van der Waals surface area contributed by atoms with Crippen molar-refractivity contribution in [2.24, 2.45) is 0 Å². The van der Waals surface area contributed by atoms with Crippen LogP contribution in [0.15, 0.2) is 36.5 Å². The van der Waals surface area contributed by atoms with E-state index in [1.54, 1.807) is 18.0 Å². The monoisotopic (exact) mass is 470 g/mol. The Labute approximate surface area is 197 Å². The van der Waals surface area contributed by atoms with Crippen molar-refractivity contribution in [2.75, 3.05) is 69.4 Å². The molecular weight excluding hydrogens is 444 g/mol. The van der Waals surface area contributed by atoms with Crippen molar-refractivity contribution in [1.29, 1.82) is 0 Å². The van der Waals surface area contributed by atoms with Gasteiger partial charge in [0.1, 0.15) is 12.3 Å². The number of carbonyl (C=O) groups is 1. The van der Waals surface area contributed by atoms with E-state index in [2.05, 4.69) is 14.8 Å². The van der Waals surface area contributed by atoms with Gasteiger partial charge in [0.2, 0.25) is 5.91 Å². The van der Waals surface area contributed by atoms with Crippen LogP contribution in [0.4, 0.5) is 11.5 Å². The molecule has 0 saturated carbocycles. The summed E-state index contributed by atoms with van der Waals surface area (Å²) in [6, 6.07) is 9.69. The number of nitrogens with zero attached hydrogens (tertiary/aromatic N) is 6. The van der Waals surface area contributed by atoms with Gasteiger partial charge in [0.15, 0.2) is 11.5 Å². The van der Waals surface area contributed by atoms with E-state index in [0.717, 1.165) is 48.7 Å². The van der Waals surface area contributed by atoms with Crippen LogP contribution in [0.25, 0.3) is 11.0 Å². The van der Waals surface area contributed by atoms with Gasteiger partial charge in [0.05, 0.1) is 30.7 Å². The molecule has 0 spiro atoms. The van der Waals surface area contributed by atoms with Gasteiger partial charge in [0, 0.05) is 57.2 Å². The van der Waals surface area contributed by atoms with Crippen LogP contribution >= 0.6 is 11.6 Å². The molecule has 9 nitrogen and oxygen atoms in total. The van der Waals surface area contributed by atoms with Crippen LogP contribution in [0, 0.1) is 0 Å². The predicted octanol–water partition coefficient (Wildman–Crippen LogP) is 2.28. The highest BCUT2D eigenvalue weighted by Crippen LogP contribution is 2.30. The number of morpholine rings is 1. The zero-order chi connectivity index (χ0) is 22.8. The Balaban J connectivity index is 1.27. The molecule has 1 amide bonds. The maximum absolute atomic E-state index is 13.1. The Bertz CT molecular complexity index is 1140. The number of rotatable bonds is 5. The van der Waals surface area contributed by atoms with Crippen LogP contribution in [0.5, 0.6) is 5.75 Å². The summed E-state index contributed by atoms with van der Waals surface area (Å²) in [4.78, 5) is 24.0. The molecule has 2 fully saturated rings. The molecule has 0 radical (unpaired) electrons. The zero-order valence-electron chi connectivity index (χ0n) is 18.6. The first-order valence-electron chi connectivity index (χ1n) is 11.1. The van der Waals surface area contributed by atoms with E-state index in [0.29, 0.717) is 37.1 Å². The Kier molecular flexibility index (Phi) is 6.24. The number of carbonyl (C=O) groups excluding carboxylic acids is 1. The summed E-state index contributed by atoms with van der Waals surface area (Å²) in [5.74, 6) is 1.57. The van der Waals surface area contributed by atoms with Crippen molar-refractivity contribution in [3.8, 4) is 5.75 Å². The summed E-state index contributed by atoms with van der Waals surface area (Å²) in [6.45, 7) is 5.88. The van der Waals surface area contributed by atoms with Crippen LogP contribution in [-0.4, -0.2) is 85.2 Å². The number of hydrogen-bond acceptors (Lipinski definition) is 7. The molecule has 4 heterocycles. The zero-order valence-corrected chi connectivity index (χ0v) is 19.4. The molecule has 0 atom stereocenters. The number of ether oxygens (including phenoxy) is 2. The number of methoxy groups -OCH3 is 1. The van der Waals surface area contributed by atoms with Crippen LogP contribution in [-0.2, 0) is 16.1 Å². The lowest BCUT2D eigenvalue weighted by molar-refractivity contribution is -0.132. The molecule has 2 aromatic heterocycles. The molecule has 2 aliphatic rings. The van der Waals surface area contributed by atoms with Crippen molar-refractivity contribution < 1.29 is 14.3 Å². The predicted molar refractivity (Wildman–Crippen MR) is 127 cm³/mol. The highest BCUT2D eigenvalue weighted by atomic mass is 35.5. The van der Waals surface area contributed by atoms with Gasteiger partial charge in [-0.05, 0) is 24.3 Å². The summed E-state index contributed by atoms with van der Waals surface area (Å²) < 4.78 is 12.5. The van der Waals surface area contributed by atoms with Crippen molar-refractivity contribution >= 4 is 40.0 Å².